The number of allylic oxidation sites excluding steroid dienone is 5. The van der Waals surface area contributed by atoms with Gasteiger partial charge in [-0.25, -0.2) is 4.79 Å². The molecule has 0 spiro atoms. The Morgan fingerprint density at radius 1 is 1.00 bits per heavy atom. The molecule has 0 saturated carbocycles. The summed E-state index contributed by atoms with van der Waals surface area (Å²) >= 11 is 0. The van der Waals surface area contributed by atoms with Gasteiger partial charge in [0.25, 0.3) is 0 Å². The highest BCUT2D eigenvalue weighted by molar-refractivity contribution is 5.82. The zero-order valence-electron chi connectivity index (χ0n) is 16.8. The summed E-state index contributed by atoms with van der Waals surface area (Å²) in [4.78, 5) is 22.7. The summed E-state index contributed by atoms with van der Waals surface area (Å²) in [6, 6.07) is 0. The summed E-state index contributed by atoms with van der Waals surface area (Å²) in [6.07, 6.45) is 17.2. The smallest absolute Gasteiger partial charge is 0.330 e. The predicted molar refractivity (Wildman–Crippen MR) is 106 cm³/mol. The topological polar surface area (TPSA) is 63.6 Å². The van der Waals surface area contributed by atoms with E-state index in [1.807, 2.05) is 27.2 Å². The molecular weight excluding hydrogens is 330 g/mol. The Bertz CT molecular complexity index is 487. The highest BCUT2D eigenvalue weighted by Gasteiger charge is 2.23. The number of nitrogens with zero attached hydrogens (tertiary/aromatic N) is 1. The minimum absolute atomic E-state index is 0.181. The fourth-order valence-electron chi connectivity index (χ4n) is 2.39. The molecule has 1 N–H and O–H groups in total. The molecule has 0 radical (unpaired) electrons. The SMILES string of the molecule is CCCCC/C=C/C/C=C/C/C=C/C(=O)OC(CC(=O)O)C[N+](C)(C)C. The molecule has 26 heavy (non-hydrogen) atoms. The van der Waals surface area contributed by atoms with Crippen LogP contribution >= 0.6 is 0 Å². The summed E-state index contributed by atoms with van der Waals surface area (Å²) in [5.41, 5.74) is 0. The number of quaternary nitrogens is 1. The normalized spacial score (nSPS) is 13.7. The summed E-state index contributed by atoms with van der Waals surface area (Å²) in [6.45, 7) is 2.66. The number of carbonyl (C=O) groups excluding carboxylic acids is 1. The maximum Gasteiger partial charge on any atom is 0.330 e. The van der Waals surface area contributed by atoms with Crippen molar-refractivity contribution in [2.45, 2.75) is 58.0 Å². The molecule has 0 aromatic rings. The lowest BCUT2D eigenvalue weighted by molar-refractivity contribution is -0.873. The number of ether oxygens (including phenoxy) is 1. The van der Waals surface area contributed by atoms with E-state index in [0.29, 0.717) is 17.4 Å². The van der Waals surface area contributed by atoms with Crippen molar-refractivity contribution in [2.75, 3.05) is 27.7 Å². The Morgan fingerprint density at radius 2 is 1.62 bits per heavy atom. The molecule has 0 amide bonds. The molecule has 5 heteroatoms. The van der Waals surface area contributed by atoms with Gasteiger partial charge in [-0.05, 0) is 25.7 Å². The molecule has 0 rings (SSSR count). The molecule has 0 heterocycles. The fourth-order valence-corrected chi connectivity index (χ4v) is 2.39. The summed E-state index contributed by atoms with van der Waals surface area (Å²) in [5.74, 6) is -1.46. The van der Waals surface area contributed by atoms with Crippen molar-refractivity contribution < 1.29 is 23.9 Å². The molecule has 1 unspecified atom stereocenters. The molecule has 0 saturated heterocycles. The molecule has 0 fully saturated rings. The Hall–Kier alpha value is -1.88. The van der Waals surface area contributed by atoms with Gasteiger partial charge in [0, 0.05) is 6.08 Å². The molecule has 0 aliphatic carbocycles. The zero-order valence-corrected chi connectivity index (χ0v) is 16.8. The number of hydrogen-bond acceptors (Lipinski definition) is 3. The van der Waals surface area contributed by atoms with Gasteiger partial charge in [0.1, 0.15) is 6.54 Å². The molecule has 1 atom stereocenters. The lowest BCUT2D eigenvalue weighted by atomic mass is 10.2. The minimum atomic E-state index is -0.967. The van der Waals surface area contributed by atoms with Gasteiger partial charge in [-0.15, -0.1) is 0 Å². The van der Waals surface area contributed by atoms with Crippen LogP contribution in [0, 0.1) is 0 Å². The molecule has 148 valence electrons. The molecule has 0 aromatic heterocycles. The number of carboxylic acid groups (broad SMARTS) is 1. The number of carboxylic acids is 1. The van der Waals surface area contributed by atoms with Crippen LogP contribution in [0.5, 0.6) is 0 Å². The van der Waals surface area contributed by atoms with Gasteiger partial charge in [0.15, 0.2) is 6.10 Å². The van der Waals surface area contributed by atoms with Gasteiger partial charge in [0.2, 0.25) is 0 Å². The summed E-state index contributed by atoms with van der Waals surface area (Å²) < 4.78 is 5.80. The second-order valence-electron chi connectivity index (χ2n) is 7.44. The van der Waals surface area contributed by atoms with Gasteiger partial charge >= 0.3 is 11.9 Å². The molecule has 0 aromatic carbocycles. The highest BCUT2D eigenvalue weighted by atomic mass is 16.5. The molecule has 5 nitrogen and oxygen atoms in total. The van der Waals surface area contributed by atoms with E-state index in [0.717, 1.165) is 12.8 Å². The maximum absolute atomic E-state index is 11.8. The maximum atomic E-state index is 11.8. The first kappa shape index (κ1) is 24.1. The van der Waals surface area contributed by atoms with Gasteiger partial charge in [-0.2, -0.15) is 0 Å². The second-order valence-corrected chi connectivity index (χ2v) is 7.44. The van der Waals surface area contributed by atoms with Crippen LogP contribution in [0.25, 0.3) is 0 Å². The Kier molecular flexibility index (Phi) is 13.3. The number of unbranched alkanes of at least 4 members (excludes halogenated alkanes) is 3. The first-order chi connectivity index (χ1) is 12.2. The first-order valence-corrected chi connectivity index (χ1v) is 9.44. The third-order valence-electron chi connectivity index (χ3n) is 3.54. The van der Waals surface area contributed by atoms with E-state index in [1.165, 1.54) is 25.3 Å². The lowest BCUT2D eigenvalue weighted by Crippen LogP contribution is -2.43. The van der Waals surface area contributed by atoms with Gasteiger partial charge in [0.05, 0.1) is 27.6 Å². The minimum Gasteiger partial charge on any atom is -0.481 e. The zero-order chi connectivity index (χ0) is 19.8. The van der Waals surface area contributed by atoms with Crippen LogP contribution in [0.3, 0.4) is 0 Å². The van der Waals surface area contributed by atoms with E-state index in [1.54, 1.807) is 6.08 Å². The van der Waals surface area contributed by atoms with E-state index >= 15 is 0 Å². The van der Waals surface area contributed by atoms with Gasteiger partial charge in [-0.3, -0.25) is 4.79 Å². The molecule has 0 aliphatic rings. The Morgan fingerprint density at radius 3 is 2.19 bits per heavy atom. The standard InChI is InChI=1S/C21H35NO4/c1-5-6-7-8-9-10-11-12-13-14-15-16-21(25)26-19(17-20(23)24)18-22(2,3)4/h9-10,12-13,15-16,19H,5-8,11,14,17-18H2,1-4H3/p+1/b10-9+,13-12+,16-15+. The number of carbonyl (C=O) groups is 2. The molecule has 0 bridgehead atoms. The monoisotopic (exact) mass is 366 g/mol. The largest absolute Gasteiger partial charge is 0.481 e. The number of hydrogen-bond donors (Lipinski definition) is 1. The van der Waals surface area contributed by atoms with Gasteiger partial charge in [-0.1, -0.05) is 50.1 Å². The van der Waals surface area contributed by atoms with Crippen molar-refractivity contribution in [1.29, 1.82) is 0 Å². The first-order valence-electron chi connectivity index (χ1n) is 9.44. The van der Waals surface area contributed by atoms with E-state index in [4.69, 9.17) is 9.84 Å². The fraction of sp³-hybridized carbons (Fsp3) is 0.619. The summed E-state index contributed by atoms with van der Waals surface area (Å²) in [5, 5.41) is 8.94. The Labute approximate surface area is 158 Å². The number of rotatable bonds is 14. The predicted octanol–water partition coefficient (Wildman–Crippen LogP) is 4.11. The second kappa shape index (κ2) is 14.3. The molecular formula is C21H36NO4+. The lowest BCUT2D eigenvalue weighted by Gasteiger charge is -2.28. The average Bonchev–Trinajstić information content (AvgIpc) is 2.50. The van der Waals surface area contributed by atoms with E-state index in [2.05, 4.69) is 25.2 Å². The van der Waals surface area contributed by atoms with Crippen LogP contribution < -0.4 is 0 Å². The van der Waals surface area contributed by atoms with Crippen molar-refractivity contribution in [2.24, 2.45) is 0 Å². The van der Waals surface area contributed by atoms with E-state index < -0.39 is 18.0 Å². The number of likely N-dealkylation sites (N-methyl/N-ethyl adjacent to an activating group) is 1. The third-order valence-corrected chi connectivity index (χ3v) is 3.54. The van der Waals surface area contributed by atoms with Crippen LogP contribution in [0.15, 0.2) is 36.5 Å². The summed E-state index contributed by atoms with van der Waals surface area (Å²) in [7, 11) is 5.80. The van der Waals surface area contributed by atoms with E-state index in [9.17, 15) is 9.59 Å². The van der Waals surface area contributed by atoms with Crippen LogP contribution in [-0.4, -0.2) is 55.3 Å². The van der Waals surface area contributed by atoms with Crippen molar-refractivity contribution in [3.63, 3.8) is 0 Å². The quantitative estimate of drug-likeness (QED) is 0.165. The highest BCUT2D eigenvalue weighted by Crippen LogP contribution is 2.06. The van der Waals surface area contributed by atoms with Crippen LogP contribution in [0.4, 0.5) is 0 Å². The van der Waals surface area contributed by atoms with Crippen LogP contribution in [0.1, 0.15) is 51.9 Å². The van der Waals surface area contributed by atoms with E-state index in [-0.39, 0.29) is 6.42 Å². The Balaban J connectivity index is 4.12. The number of aliphatic carboxylic acids is 1. The van der Waals surface area contributed by atoms with Crippen molar-refractivity contribution in [3.05, 3.63) is 36.5 Å². The number of esters is 1. The molecule has 0 aliphatic heterocycles. The van der Waals surface area contributed by atoms with Gasteiger partial charge < -0.3 is 14.3 Å². The van der Waals surface area contributed by atoms with Crippen LogP contribution in [0.2, 0.25) is 0 Å². The van der Waals surface area contributed by atoms with Crippen molar-refractivity contribution >= 4 is 11.9 Å². The van der Waals surface area contributed by atoms with Crippen LogP contribution in [-0.2, 0) is 14.3 Å². The van der Waals surface area contributed by atoms with Crippen molar-refractivity contribution in [1.82, 2.24) is 0 Å². The third kappa shape index (κ3) is 17.0. The average molecular weight is 367 g/mol. The van der Waals surface area contributed by atoms with Crippen molar-refractivity contribution in [3.8, 4) is 0 Å².